The first kappa shape index (κ1) is 22.5. The number of benzene rings is 1. The lowest BCUT2D eigenvalue weighted by Gasteiger charge is -2.40. The molecule has 1 saturated heterocycles. The summed E-state index contributed by atoms with van der Waals surface area (Å²) in [6, 6.07) is 10.8. The third-order valence-electron chi connectivity index (χ3n) is 7.80. The molecule has 3 aromatic heterocycles. The number of fused-ring (bicyclic) bond motifs is 2. The van der Waals surface area contributed by atoms with Gasteiger partial charge in [-0.3, -0.25) is 9.38 Å². The minimum Gasteiger partial charge on any atom is -0.384 e. The Balaban J connectivity index is 1.34. The fourth-order valence-electron chi connectivity index (χ4n) is 5.98. The van der Waals surface area contributed by atoms with E-state index in [1.54, 1.807) is 20.0 Å². The van der Waals surface area contributed by atoms with Crippen LogP contribution < -0.4 is 4.90 Å². The second-order valence-electron chi connectivity index (χ2n) is 10.7. The van der Waals surface area contributed by atoms with Crippen LogP contribution in [0.1, 0.15) is 49.2 Å². The zero-order valence-corrected chi connectivity index (χ0v) is 21.2. The van der Waals surface area contributed by atoms with Crippen LogP contribution in [0.4, 0.5) is 5.95 Å². The summed E-state index contributed by atoms with van der Waals surface area (Å²) in [7, 11) is 0. The molecular formula is C28H30ClN5O. The maximum absolute atomic E-state index is 10.6. The molecule has 35 heavy (non-hydrogen) atoms. The molecular weight excluding hydrogens is 458 g/mol. The van der Waals surface area contributed by atoms with Gasteiger partial charge in [0.2, 0.25) is 5.95 Å². The van der Waals surface area contributed by atoms with Gasteiger partial charge in [0.05, 0.1) is 16.4 Å². The van der Waals surface area contributed by atoms with Gasteiger partial charge in [-0.1, -0.05) is 35.9 Å². The molecule has 0 saturated carbocycles. The van der Waals surface area contributed by atoms with E-state index in [2.05, 4.69) is 38.6 Å². The summed E-state index contributed by atoms with van der Waals surface area (Å²) in [5, 5.41) is 11.0. The van der Waals surface area contributed by atoms with Crippen molar-refractivity contribution in [2.45, 2.75) is 52.1 Å². The number of imidazole rings is 1. The average molecular weight is 488 g/mol. The number of anilines is 1. The second kappa shape index (κ2) is 8.04. The van der Waals surface area contributed by atoms with Crippen LogP contribution in [0.15, 0.2) is 48.9 Å². The molecule has 1 aromatic carbocycles. The first-order valence-electron chi connectivity index (χ1n) is 12.3. The molecule has 4 heterocycles. The standard InChI is InChI=1S/C28H30ClN5O/c1-18-22(21-8-11-30-24(23(21)29)27(2,3)35)25-31-12-15-34(25)26(32-18)33-13-9-28(10-14-33)16-19-6-4-5-7-20(19)17-28/h4-8,11-12,15,35H,9-10,13-14,16-17H2,1-3H3. The van der Waals surface area contributed by atoms with E-state index in [1.807, 2.05) is 25.4 Å². The molecule has 0 bridgehead atoms. The Labute approximate surface area is 210 Å². The van der Waals surface area contributed by atoms with Crippen molar-refractivity contribution in [1.82, 2.24) is 19.4 Å². The lowest BCUT2D eigenvalue weighted by atomic mass is 9.76. The van der Waals surface area contributed by atoms with Crippen molar-refractivity contribution in [3.63, 3.8) is 0 Å². The maximum atomic E-state index is 10.6. The molecule has 2 aliphatic rings. The Bertz CT molecular complexity index is 1400. The quantitative estimate of drug-likeness (QED) is 0.421. The molecule has 1 spiro atoms. The molecule has 1 aliphatic heterocycles. The second-order valence-corrected chi connectivity index (χ2v) is 11.1. The van der Waals surface area contributed by atoms with Crippen molar-refractivity contribution >= 4 is 23.2 Å². The SMILES string of the molecule is Cc1nc(N2CCC3(CC2)Cc2ccccc2C3)n2ccnc2c1-c1ccnc(C(C)(C)O)c1Cl. The highest BCUT2D eigenvalue weighted by Crippen LogP contribution is 2.45. The number of pyridine rings is 1. The summed E-state index contributed by atoms with van der Waals surface area (Å²) >= 11 is 6.77. The van der Waals surface area contributed by atoms with Crippen molar-refractivity contribution in [2.24, 2.45) is 5.41 Å². The number of nitrogens with zero attached hydrogens (tertiary/aromatic N) is 5. The van der Waals surface area contributed by atoms with E-state index in [4.69, 9.17) is 21.6 Å². The largest absolute Gasteiger partial charge is 0.384 e. The minimum atomic E-state index is -1.15. The summed E-state index contributed by atoms with van der Waals surface area (Å²) in [5.41, 5.74) is 6.06. The summed E-state index contributed by atoms with van der Waals surface area (Å²) in [4.78, 5) is 16.5. The Hall–Kier alpha value is -2.96. The van der Waals surface area contributed by atoms with Gasteiger partial charge >= 0.3 is 0 Å². The molecule has 1 aliphatic carbocycles. The van der Waals surface area contributed by atoms with Crippen molar-refractivity contribution in [2.75, 3.05) is 18.0 Å². The van der Waals surface area contributed by atoms with Crippen LogP contribution in [0, 0.1) is 12.3 Å². The van der Waals surface area contributed by atoms with Gasteiger partial charge in [-0.25, -0.2) is 9.97 Å². The number of rotatable bonds is 3. The van der Waals surface area contributed by atoms with E-state index in [9.17, 15) is 5.11 Å². The van der Waals surface area contributed by atoms with E-state index >= 15 is 0 Å². The molecule has 0 amide bonds. The summed E-state index contributed by atoms with van der Waals surface area (Å²) < 4.78 is 2.07. The smallest absolute Gasteiger partial charge is 0.211 e. The topological polar surface area (TPSA) is 66.6 Å². The predicted octanol–water partition coefficient (Wildman–Crippen LogP) is 5.37. The third-order valence-corrected chi connectivity index (χ3v) is 8.19. The molecule has 1 fully saturated rings. The number of hydrogen-bond donors (Lipinski definition) is 1. The lowest BCUT2D eigenvalue weighted by molar-refractivity contribution is 0.0740. The maximum Gasteiger partial charge on any atom is 0.211 e. The van der Waals surface area contributed by atoms with Crippen molar-refractivity contribution in [1.29, 1.82) is 0 Å². The van der Waals surface area contributed by atoms with Gasteiger partial charge in [-0.2, -0.15) is 0 Å². The highest BCUT2D eigenvalue weighted by Gasteiger charge is 2.40. The molecule has 0 radical (unpaired) electrons. The van der Waals surface area contributed by atoms with Crippen molar-refractivity contribution in [3.8, 4) is 11.1 Å². The van der Waals surface area contributed by atoms with Gasteiger partial charge in [0.15, 0.2) is 0 Å². The van der Waals surface area contributed by atoms with E-state index in [0.717, 1.165) is 54.3 Å². The monoisotopic (exact) mass is 487 g/mol. The minimum absolute atomic E-state index is 0.376. The van der Waals surface area contributed by atoms with Crippen LogP contribution in [0.2, 0.25) is 5.02 Å². The summed E-state index contributed by atoms with van der Waals surface area (Å²) in [6.45, 7) is 7.34. The van der Waals surface area contributed by atoms with E-state index in [-0.39, 0.29) is 0 Å². The highest BCUT2D eigenvalue weighted by atomic mass is 35.5. The van der Waals surface area contributed by atoms with Gasteiger partial charge in [0, 0.05) is 42.8 Å². The number of halogens is 1. The van der Waals surface area contributed by atoms with Gasteiger partial charge in [0.25, 0.3) is 0 Å². The predicted molar refractivity (Wildman–Crippen MR) is 139 cm³/mol. The molecule has 180 valence electrons. The van der Waals surface area contributed by atoms with Crippen LogP contribution in [-0.2, 0) is 18.4 Å². The normalized spacial score (nSPS) is 17.3. The van der Waals surface area contributed by atoms with E-state index < -0.39 is 5.60 Å². The Morgan fingerprint density at radius 3 is 2.34 bits per heavy atom. The molecule has 6 nitrogen and oxygen atoms in total. The van der Waals surface area contributed by atoms with Crippen LogP contribution in [-0.4, -0.2) is 37.5 Å². The average Bonchev–Trinajstić information content (AvgIpc) is 3.44. The van der Waals surface area contributed by atoms with Crippen molar-refractivity contribution < 1.29 is 5.11 Å². The Morgan fingerprint density at radius 2 is 1.69 bits per heavy atom. The van der Waals surface area contributed by atoms with Crippen LogP contribution in [0.3, 0.4) is 0 Å². The highest BCUT2D eigenvalue weighted by molar-refractivity contribution is 6.34. The van der Waals surface area contributed by atoms with Crippen LogP contribution >= 0.6 is 11.6 Å². The van der Waals surface area contributed by atoms with Crippen LogP contribution in [0.25, 0.3) is 16.8 Å². The molecule has 4 aromatic rings. The third kappa shape index (κ3) is 3.71. The lowest BCUT2D eigenvalue weighted by Crippen LogP contribution is -2.41. The molecule has 0 unspecified atom stereocenters. The zero-order valence-electron chi connectivity index (χ0n) is 20.4. The zero-order chi connectivity index (χ0) is 24.4. The number of aliphatic hydroxyl groups is 1. The summed E-state index contributed by atoms with van der Waals surface area (Å²) in [5.74, 6) is 0.928. The molecule has 0 atom stereocenters. The number of hydrogen-bond acceptors (Lipinski definition) is 5. The van der Waals surface area contributed by atoms with Gasteiger partial charge < -0.3 is 10.0 Å². The Kier molecular flexibility index (Phi) is 5.17. The molecule has 1 N–H and O–H groups in total. The number of aromatic nitrogens is 4. The van der Waals surface area contributed by atoms with Gasteiger partial charge in [-0.05, 0) is 69.1 Å². The fraction of sp³-hybridized carbons (Fsp3) is 0.393. The number of aryl methyl sites for hydroxylation is 1. The van der Waals surface area contributed by atoms with E-state index in [1.165, 1.54) is 24.0 Å². The number of piperidine rings is 1. The first-order chi connectivity index (χ1) is 16.8. The van der Waals surface area contributed by atoms with Gasteiger partial charge in [-0.15, -0.1) is 0 Å². The van der Waals surface area contributed by atoms with Gasteiger partial charge in [0.1, 0.15) is 11.2 Å². The van der Waals surface area contributed by atoms with Crippen molar-refractivity contribution in [3.05, 3.63) is 76.5 Å². The van der Waals surface area contributed by atoms with E-state index in [0.29, 0.717) is 16.1 Å². The Morgan fingerprint density at radius 1 is 1.00 bits per heavy atom. The molecule has 6 rings (SSSR count). The van der Waals surface area contributed by atoms with Crippen LogP contribution in [0.5, 0.6) is 0 Å². The summed E-state index contributed by atoms with van der Waals surface area (Å²) in [6.07, 6.45) is 10.2. The fourth-order valence-corrected chi connectivity index (χ4v) is 6.42. The first-order valence-corrected chi connectivity index (χ1v) is 12.7. The molecule has 7 heteroatoms.